The largest absolute Gasteiger partial charge is 0.458 e. The van der Waals surface area contributed by atoms with Gasteiger partial charge < -0.3 is 9.47 Å². The van der Waals surface area contributed by atoms with Crippen LogP contribution >= 0.6 is 0 Å². The number of benzene rings is 6. The summed E-state index contributed by atoms with van der Waals surface area (Å²) in [5.74, 6) is 3.51. The molecule has 194 valence electrons. The van der Waals surface area contributed by atoms with Crippen LogP contribution in [0, 0.1) is 13.8 Å². The van der Waals surface area contributed by atoms with Crippen LogP contribution in [0.3, 0.4) is 0 Å². The molecule has 3 heteroatoms. The molecule has 2 nitrogen and oxygen atoms in total. The molecule has 0 spiro atoms. The van der Waals surface area contributed by atoms with Crippen molar-refractivity contribution in [2.24, 2.45) is 0 Å². The number of fused-ring (bicyclic) bond motifs is 4. The maximum Gasteiger partial charge on any atom is 0.260 e. The Labute approximate surface area is 240 Å². The molecular formula is C38H27BO2. The van der Waals surface area contributed by atoms with Gasteiger partial charge in [-0.2, -0.15) is 0 Å². The second-order valence-electron chi connectivity index (χ2n) is 11.0. The van der Waals surface area contributed by atoms with Crippen molar-refractivity contribution in [1.82, 2.24) is 0 Å². The van der Waals surface area contributed by atoms with E-state index in [1.165, 1.54) is 33.4 Å². The Balaban J connectivity index is 1.35. The molecule has 2 aliphatic heterocycles. The van der Waals surface area contributed by atoms with Crippen LogP contribution in [0.2, 0.25) is 0 Å². The van der Waals surface area contributed by atoms with E-state index in [9.17, 15) is 0 Å². The molecule has 6 aromatic rings. The Bertz CT molecular complexity index is 1980. The molecule has 0 fully saturated rings. The molecule has 0 saturated heterocycles. The Morgan fingerprint density at radius 1 is 0.415 bits per heavy atom. The highest BCUT2D eigenvalue weighted by Gasteiger charge is 2.40. The Hall–Kier alpha value is -5.02. The molecule has 0 amide bonds. The topological polar surface area (TPSA) is 18.5 Å². The summed E-state index contributed by atoms with van der Waals surface area (Å²) in [7, 11) is 0. The molecule has 2 aliphatic rings. The molecule has 0 saturated carbocycles. The van der Waals surface area contributed by atoms with Gasteiger partial charge in [-0.3, -0.25) is 0 Å². The van der Waals surface area contributed by atoms with Gasteiger partial charge >= 0.3 is 0 Å². The molecule has 0 atom stereocenters. The molecular weight excluding hydrogens is 499 g/mol. The van der Waals surface area contributed by atoms with Crippen LogP contribution in [0.1, 0.15) is 11.1 Å². The number of ether oxygens (including phenoxy) is 2. The monoisotopic (exact) mass is 526 g/mol. The van der Waals surface area contributed by atoms with E-state index < -0.39 is 0 Å². The van der Waals surface area contributed by atoms with Gasteiger partial charge in [0.05, 0.1) is 0 Å². The molecule has 6 aromatic carbocycles. The lowest BCUT2D eigenvalue weighted by Crippen LogP contribution is -2.57. The van der Waals surface area contributed by atoms with Crippen LogP contribution in [0.5, 0.6) is 23.0 Å². The van der Waals surface area contributed by atoms with E-state index in [0.717, 1.165) is 50.5 Å². The maximum atomic E-state index is 6.78. The number of aryl methyl sites for hydroxylation is 2. The second-order valence-corrected chi connectivity index (χ2v) is 11.0. The summed E-state index contributed by atoms with van der Waals surface area (Å²) in [6.45, 7) is 4.31. The third kappa shape index (κ3) is 3.88. The fourth-order valence-corrected chi connectivity index (χ4v) is 6.42. The van der Waals surface area contributed by atoms with Gasteiger partial charge in [0.1, 0.15) is 23.0 Å². The Morgan fingerprint density at radius 3 is 1.71 bits per heavy atom. The average molecular weight is 526 g/mol. The SMILES string of the molecule is Cc1ccccc1-c1ccc2c(c1)Oc1cc(-c3ccccc3C)cc3c1B2c1cc(-c2ccccc2)ccc1O3. The maximum absolute atomic E-state index is 6.78. The number of hydrogen-bond donors (Lipinski definition) is 0. The van der Waals surface area contributed by atoms with Crippen LogP contribution in [-0.4, -0.2) is 6.71 Å². The van der Waals surface area contributed by atoms with Gasteiger partial charge in [0.2, 0.25) is 0 Å². The summed E-state index contributed by atoms with van der Waals surface area (Å²) >= 11 is 0. The van der Waals surface area contributed by atoms with Gasteiger partial charge in [-0.15, -0.1) is 0 Å². The van der Waals surface area contributed by atoms with Crippen molar-refractivity contribution in [2.75, 3.05) is 0 Å². The molecule has 41 heavy (non-hydrogen) atoms. The first-order chi connectivity index (χ1) is 20.1. The Kier molecular flexibility index (Phi) is 5.40. The molecule has 2 heterocycles. The standard InChI is InChI=1S/C38H27BO2/c1-24-10-6-8-14-30(24)28-16-18-32-35(21-28)41-37-23-29(31-15-9-7-11-25(31)2)22-36-38(37)39(32)33-20-27(17-19-34(33)40-36)26-12-4-3-5-13-26/h3-23H,1-2H3. The minimum Gasteiger partial charge on any atom is -0.458 e. The van der Waals surface area contributed by atoms with E-state index in [1.807, 2.05) is 0 Å². The third-order valence-electron chi connectivity index (χ3n) is 8.50. The number of hydrogen-bond acceptors (Lipinski definition) is 2. The molecule has 0 bridgehead atoms. The van der Waals surface area contributed by atoms with E-state index in [4.69, 9.17) is 9.47 Å². The predicted octanol–water partition coefficient (Wildman–Crippen LogP) is 8.03. The van der Waals surface area contributed by atoms with Gasteiger partial charge in [-0.25, -0.2) is 0 Å². The zero-order valence-electron chi connectivity index (χ0n) is 23.0. The first-order valence-corrected chi connectivity index (χ1v) is 14.1. The van der Waals surface area contributed by atoms with E-state index in [1.54, 1.807) is 0 Å². The van der Waals surface area contributed by atoms with Crippen LogP contribution < -0.4 is 25.9 Å². The molecule has 0 aromatic heterocycles. The van der Waals surface area contributed by atoms with Gasteiger partial charge in [0, 0.05) is 5.46 Å². The summed E-state index contributed by atoms with van der Waals surface area (Å²) in [5.41, 5.74) is 12.9. The first kappa shape index (κ1) is 23.8. The van der Waals surface area contributed by atoms with Crippen LogP contribution in [-0.2, 0) is 0 Å². The van der Waals surface area contributed by atoms with Gasteiger partial charge in [-0.1, -0.05) is 103 Å². The lowest BCUT2D eigenvalue weighted by Gasteiger charge is -2.34. The molecule has 8 rings (SSSR count). The van der Waals surface area contributed by atoms with Crippen molar-refractivity contribution in [3.05, 3.63) is 139 Å². The van der Waals surface area contributed by atoms with Crippen LogP contribution in [0.4, 0.5) is 0 Å². The predicted molar refractivity (Wildman–Crippen MR) is 170 cm³/mol. The van der Waals surface area contributed by atoms with Crippen molar-refractivity contribution in [1.29, 1.82) is 0 Å². The fourth-order valence-electron chi connectivity index (χ4n) is 6.42. The summed E-state index contributed by atoms with van der Waals surface area (Å²) in [6.07, 6.45) is 0. The van der Waals surface area contributed by atoms with Crippen molar-refractivity contribution in [3.8, 4) is 56.4 Å². The van der Waals surface area contributed by atoms with E-state index >= 15 is 0 Å². The van der Waals surface area contributed by atoms with Gasteiger partial charge in [0.25, 0.3) is 6.71 Å². The lowest BCUT2D eigenvalue weighted by atomic mass is 9.34. The van der Waals surface area contributed by atoms with Crippen LogP contribution in [0.25, 0.3) is 33.4 Å². The van der Waals surface area contributed by atoms with E-state index in [2.05, 4.69) is 141 Å². The summed E-state index contributed by atoms with van der Waals surface area (Å²) in [4.78, 5) is 0. The van der Waals surface area contributed by atoms with E-state index in [0.29, 0.717) is 0 Å². The first-order valence-electron chi connectivity index (χ1n) is 14.1. The van der Waals surface area contributed by atoms with Crippen molar-refractivity contribution < 1.29 is 9.47 Å². The zero-order chi connectivity index (χ0) is 27.5. The van der Waals surface area contributed by atoms with E-state index in [-0.39, 0.29) is 6.71 Å². The molecule has 0 aliphatic carbocycles. The average Bonchev–Trinajstić information content (AvgIpc) is 3.01. The van der Waals surface area contributed by atoms with Crippen molar-refractivity contribution in [2.45, 2.75) is 13.8 Å². The fraction of sp³-hybridized carbons (Fsp3) is 0.0526. The Morgan fingerprint density at radius 2 is 1.00 bits per heavy atom. The summed E-state index contributed by atoms with van der Waals surface area (Å²) in [6, 6.07) is 45.2. The minimum atomic E-state index is 0.00741. The highest BCUT2D eigenvalue weighted by molar-refractivity contribution is 6.98. The molecule has 0 unspecified atom stereocenters. The summed E-state index contributed by atoms with van der Waals surface area (Å²) in [5, 5.41) is 0. The normalized spacial score (nSPS) is 12.5. The highest BCUT2D eigenvalue weighted by Crippen LogP contribution is 2.40. The summed E-state index contributed by atoms with van der Waals surface area (Å²) < 4.78 is 13.4. The third-order valence-corrected chi connectivity index (χ3v) is 8.50. The van der Waals surface area contributed by atoms with Crippen LogP contribution in [0.15, 0.2) is 127 Å². The molecule has 0 radical (unpaired) electrons. The zero-order valence-corrected chi connectivity index (χ0v) is 23.0. The number of rotatable bonds is 3. The van der Waals surface area contributed by atoms with Crippen molar-refractivity contribution >= 4 is 23.1 Å². The second kappa shape index (κ2) is 9.28. The lowest BCUT2D eigenvalue weighted by molar-refractivity contribution is 0.465. The highest BCUT2D eigenvalue weighted by atomic mass is 16.5. The van der Waals surface area contributed by atoms with Gasteiger partial charge in [-0.05, 0) is 93.5 Å². The minimum absolute atomic E-state index is 0.00741. The van der Waals surface area contributed by atoms with Crippen molar-refractivity contribution in [3.63, 3.8) is 0 Å². The molecule has 0 N–H and O–H groups in total. The van der Waals surface area contributed by atoms with Gasteiger partial charge in [0.15, 0.2) is 0 Å². The smallest absolute Gasteiger partial charge is 0.260 e. The quantitative estimate of drug-likeness (QED) is 0.217.